The molecule has 0 aromatic rings. The van der Waals surface area contributed by atoms with Crippen molar-refractivity contribution < 1.29 is 0 Å². The van der Waals surface area contributed by atoms with E-state index in [1.54, 1.807) is 0 Å². The molecule has 0 aliphatic heterocycles. The molecule has 0 saturated carbocycles. The molecule has 0 fully saturated rings. The zero-order valence-electron chi connectivity index (χ0n) is 8.53. The van der Waals surface area contributed by atoms with Gasteiger partial charge < -0.3 is 5.73 Å². The van der Waals surface area contributed by atoms with Crippen LogP contribution >= 0.6 is 0 Å². The Morgan fingerprint density at radius 1 is 0.727 bits per heavy atom. The summed E-state index contributed by atoms with van der Waals surface area (Å²) < 4.78 is 0. The molecule has 2 N–H and O–H groups in total. The second-order valence-electron chi connectivity index (χ2n) is 2.85. The molecule has 1 heteroatoms. The average molecular weight is 159 g/mol. The predicted octanol–water partition coefficient (Wildman–Crippen LogP) is 3.33. The fourth-order valence-corrected chi connectivity index (χ4v) is 0.704. The summed E-state index contributed by atoms with van der Waals surface area (Å²) in [5, 5.41) is 0. The van der Waals surface area contributed by atoms with Crippen molar-refractivity contribution in [1.29, 1.82) is 0 Å². The van der Waals surface area contributed by atoms with Gasteiger partial charge in [-0.2, -0.15) is 0 Å². The molecule has 0 heterocycles. The molecule has 0 bridgehead atoms. The van der Waals surface area contributed by atoms with Crippen molar-refractivity contribution >= 4 is 0 Å². The van der Waals surface area contributed by atoms with Crippen LogP contribution in [0.2, 0.25) is 0 Å². The minimum absolute atomic E-state index is 0.844. The van der Waals surface area contributed by atoms with Gasteiger partial charge in [0.15, 0.2) is 0 Å². The highest BCUT2D eigenvalue weighted by Crippen LogP contribution is 1.95. The number of nitrogens with two attached hydrogens (primary N) is 1. The van der Waals surface area contributed by atoms with Crippen LogP contribution in [0.25, 0.3) is 0 Å². The van der Waals surface area contributed by atoms with Crippen molar-refractivity contribution in [2.45, 2.75) is 59.3 Å². The van der Waals surface area contributed by atoms with E-state index in [1.165, 1.54) is 38.5 Å². The Kier molecular flexibility index (Phi) is 20.3. The molecule has 0 aliphatic carbocycles. The zero-order valence-corrected chi connectivity index (χ0v) is 8.53. The smallest absolute Gasteiger partial charge is 0.00774 e. The van der Waals surface area contributed by atoms with Gasteiger partial charge in [0.25, 0.3) is 0 Å². The summed E-state index contributed by atoms with van der Waals surface area (Å²) in [6.45, 7) is 7.44. The van der Waals surface area contributed by atoms with Gasteiger partial charge >= 0.3 is 0 Å². The van der Waals surface area contributed by atoms with E-state index in [2.05, 4.69) is 20.8 Å². The maximum atomic E-state index is 5.14. The molecule has 0 rings (SSSR count). The van der Waals surface area contributed by atoms with E-state index in [0.29, 0.717) is 0 Å². The molecule has 0 aromatic heterocycles. The summed E-state index contributed by atoms with van der Waals surface area (Å²) in [5.74, 6) is 0. The molecule has 0 unspecified atom stereocenters. The standard InChI is InChI=1S/C6H14.C4H11N/c1-3-5-6-4-2;1-2-3-4-5/h3-6H2,1-2H3;2-5H2,1H3. The molecule has 0 aromatic carbocycles. The highest BCUT2D eigenvalue weighted by atomic mass is 14.5. The topological polar surface area (TPSA) is 26.0 Å². The second-order valence-corrected chi connectivity index (χ2v) is 2.85. The minimum atomic E-state index is 0.844. The Morgan fingerprint density at radius 3 is 1.18 bits per heavy atom. The third-order valence-corrected chi connectivity index (χ3v) is 1.51. The Balaban J connectivity index is 0. The van der Waals surface area contributed by atoms with E-state index in [-0.39, 0.29) is 0 Å². The molecule has 0 amide bonds. The van der Waals surface area contributed by atoms with Gasteiger partial charge in [0.05, 0.1) is 0 Å². The van der Waals surface area contributed by atoms with Crippen LogP contribution in [-0.2, 0) is 0 Å². The van der Waals surface area contributed by atoms with Crippen molar-refractivity contribution in [2.75, 3.05) is 6.54 Å². The Labute approximate surface area is 72.4 Å². The van der Waals surface area contributed by atoms with Gasteiger partial charge in [0.2, 0.25) is 0 Å². The lowest BCUT2D eigenvalue weighted by atomic mass is 10.2. The van der Waals surface area contributed by atoms with Crippen molar-refractivity contribution in [3.8, 4) is 0 Å². The van der Waals surface area contributed by atoms with Crippen molar-refractivity contribution in [1.82, 2.24) is 0 Å². The van der Waals surface area contributed by atoms with Crippen LogP contribution < -0.4 is 5.73 Å². The number of unbranched alkanes of at least 4 members (excludes halogenated alkanes) is 4. The average Bonchev–Trinajstić information content (AvgIpc) is 2.04. The van der Waals surface area contributed by atoms with Crippen LogP contribution in [0.15, 0.2) is 0 Å². The Hall–Kier alpha value is -0.0400. The van der Waals surface area contributed by atoms with E-state index in [0.717, 1.165) is 6.54 Å². The highest BCUT2D eigenvalue weighted by Gasteiger charge is 1.75. The SMILES string of the molecule is CCCCCC.CCCCN. The first-order valence-electron chi connectivity index (χ1n) is 5.03. The van der Waals surface area contributed by atoms with Crippen molar-refractivity contribution in [3.63, 3.8) is 0 Å². The maximum Gasteiger partial charge on any atom is -0.00774 e. The van der Waals surface area contributed by atoms with Crippen LogP contribution in [0.3, 0.4) is 0 Å². The molecule has 0 aliphatic rings. The quantitative estimate of drug-likeness (QED) is 0.612. The second kappa shape index (κ2) is 16.5. The van der Waals surface area contributed by atoms with Crippen molar-refractivity contribution in [2.24, 2.45) is 5.73 Å². The van der Waals surface area contributed by atoms with E-state index >= 15 is 0 Å². The summed E-state index contributed by atoms with van der Waals surface area (Å²) in [6, 6.07) is 0. The first kappa shape index (κ1) is 13.5. The minimum Gasteiger partial charge on any atom is -0.330 e. The van der Waals surface area contributed by atoms with Gasteiger partial charge in [0.1, 0.15) is 0 Å². The first-order chi connectivity index (χ1) is 5.33. The lowest BCUT2D eigenvalue weighted by Crippen LogP contribution is -1.95. The molecular weight excluding hydrogens is 134 g/mol. The van der Waals surface area contributed by atoms with Crippen LogP contribution in [0.1, 0.15) is 59.3 Å². The van der Waals surface area contributed by atoms with E-state index in [1.807, 2.05) is 0 Å². The third kappa shape index (κ3) is 25.7. The number of hydrogen-bond donors (Lipinski definition) is 1. The summed E-state index contributed by atoms with van der Waals surface area (Å²) in [5.41, 5.74) is 5.14. The summed E-state index contributed by atoms with van der Waals surface area (Å²) in [6.07, 6.45) is 7.92. The third-order valence-electron chi connectivity index (χ3n) is 1.51. The Bertz CT molecular complexity index is 38.1. The lowest BCUT2D eigenvalue weighted by Gasteiger charge is -1.86. The molecular formula is C10H25N. The van der Waals surface area contributed by atoms with Crippen LogP contribution in [0.4, 0.5) is 0 Å². The molecule has 11 heavy (non-hydrogen) atoms. The molecule has 0 atom stereocenters. The van der Waals surface area contributed by atoms with Crippen LogP contribution in [0, 0.1) is 0 Å². The molecule has 0 saturated heterocycles. The van der Waals surface area contributed by atoms with Crippen molar-refractivity contribution in [3.05, 3.63) is 0 Å². The van der Waals surface area contributed by atoms with E-state index < -0.39 is 0 Å². The van der Waals surface area contributed by atoms with Gasteiger partial charge in [-0.1, -0.05) is 52.9 Å². The first-order valence-corrected chi connectivity index (χ1v) is 5.03. The van der Waals surface area contributed by atoms with Gasteiger partial charge in [-0.05, 0) is 13.0 Å². The lowest BCUT2D eigenvalue weighted by molar-refractivity contribution is 0.702. The van der Waals surface area contributed by atoms with Gasteiger partial charge in [-0.3, -0.25) is 0 Å². The van der Waals surface area contributed by atoms with E-state index in [9.17, 15) is 0 Å². The fraction of sp³-hybridized carbons (Fsp3) is 1.00. The largest absolute Gasteiger partial charge is 0.330 e. The zero-order chi connectivity index (χ0) is 8.95. The van der Waals surface area contributed by atoms with Crippen LogP contribution in [0.5, 0.6) is 0 Å². The normalized spacial score (nSPS) is 8.73. The molecule has 1 nitrogen and oxygen atoms in total. The Morgan fingerprint density at radius 2 is 1.09 bits per heavy atom. The summed E-state index contributed by atoms with van der Waals surface area (Å²) >= 11 is 0. The fourth-order valence-electron chi connectivity index (χ4n) is 0.704. The highest BCUT2D eigenvalue weighted by molar-refractivity contribution is 4.31. The monoisotopic (exact) mass is 159 g/mol. The molecule has 70 valence electrons. The van der Waals surface area contributed by atoms with Gasteiger partial charge in [-0.15, -0.1) is 0 Å². The van der Waals surface area contributed by atoms with Crippen LogP contribution in [-0.4, -0.2) is 6.54 Å². The van der Waals surface area contributed by atoms with Gasteiger partial charge in [0, 0.05) is 0 Å². The number of rotatable bonds is 5. The maximum absolute atomic E-state index is 5.14. The van der Waals surface area contributed by atoms with Gasteiger partial charge in [-0.25, -0.2) is 0 Å². The van der Waals surface area contributed by atoms with E-state index in [4.69, 9.17) is 5.73 Å². The summed E-state index contributed by atoms with van der Waals surface area (Å²) in [7, 11) is 0. The number of hydrogen-bond acceptors (Lipinski definition) is 1. The summed E-state index contributed by atoms with van der Waals surface area (Å²) in [4.78, 5) is 0. The predicted molar refractivity (Wildman–Crippen MR) is 53.8 cm³/mol. The molecule has 0 spiro atoms. The molecule has 0 radical (unpaired) electrons.